The summed E-state index contributed by atoms with van der Waals surface area (Å²) in [6.45, 7) is 2.07. The number of hydrogen-bond donors (Lipinski definition) is 2. The van der Waals surface area contributed by atoms with Gasteiger partial charge >= 0.3 is 0 Å². The zero-order chi connectivity index (χ0) is 22.8. The molecule has 32 heavy (non-hydrogen) atoms. The van der Waals surface area contributed by atoms with Crippen molar-refractivity contribution in [1.82, 2.24) is 9.97 Å². The zero-order valence-electron chi connectivity index (χ0n) is 17.4. The van der Waals surface area contributed by atoms with E-state index >= 15 is 0 Å². The van der Waals surface area contributed by atoms with Crippen molar-refractivity contribution in [1.29, 1.82) is 0 Å². The van der Waals surface area contributed by atoms with Crippen molar-refractivity contribution in [2.45, 2.75) is 38.2 Å². The first-order valence-corrected chi connectivity index (χ1v) is 10.4. The highest BCUT2D eigenvalue weighted by Crippen LogP contribution is 2.39. The van der Waals surface area contributed by atoms with Crippen LogP contribution in [0.2, 0.25) is 0 Å². The lowest BCUT2D eigenvalue weighted by Gasteiger charge is -2.31. The summed E-state index contributed by atoms with van der Waals surface area (Å²) in [4.78, 5) is 20.9. The number of aromatic nitrogens is 2. The molecule has 0 spiro atoms. The van der Waals surface area contributed by atoms with Gasteiger partial charge in [0.15, 0.2) is 0 Å². The van der Waals surface area contributed by atoms with Crippen molar-refractivity contribution in [2.24, 2.45) is 5.92 Å². The molecule has 1 amide bonds. The first-order chi connectivity index (χ1) is 15.3. The molecule has 0 bridgehead atoms. The normalized spacial score (nSPS) is 20.7. The molecule has 3 aromatic rings. The van der Waals surface area contributed by atoms with Crippen LogP contribution in [0, 0.1) is 23.4 Å². The lowest BCUT2D eigenvalue weighted by Crippen LogP contribution is -2.25. The SMILES string of the molecule is C[C@@H]1C[C@H](O)C[C@H](c2ccncc2NC(=O)c2ccc(F)c(-c3c(F)cccc3F)n2)C1. The Balaban J connectivity index is 1.64. The van der Waals surface area contributed by atoms with Gasteiger partial charge in [-0.2, -0.15) is 0 Å². The highest BCUT2D eigenvalue weighted by molar-refractivity contribution is 6.03. The van der Waals surface area contributed by atoms with Crippen LogP contribution in [-0.2, 0) is 0 Å². The van der Waals surface area contributed by atoms with Crippen LogP contribution in [0.15, 0.2) is 48.8 Å². The van der Waals surface area contributed by atoms with Crippen molar-refractivity contribution in [2.75, 3.05) is 5.32 Å². The van der Waals surface area contributed by atoms with E-state index in [1.165, 1.54) is 6.20 Å². The van der Waals surface area contributed by atoms with Crippen LogP contribution in [0.3, 0.4) is 0 Å². The quantitative estimate of drug-likeness (QED) is 0.592. The van der Waals surface area contributed by atoms with Gasteiger partial charge in [0.1, 0.15) is 28.8 Å². The third-order valence-corrected chi connectivity index (χ3v) is 5.74. The summed E-state index contributed by atoms with van der Waals surface area (Å²) in [6, 6.07) is 7.04. The summed E-state index contributed by atoms with van der Waals surface area (Å²) < 4.78 is 42.6. The highest BCUT2D eigenvalue weighted by atomic mass is 19.1. The smallest absolute Gasteiger partial charge is 0.274 e. The molecule has 1 aliphatic carbocycles. The van der Waals surface area contributed by atoms with E-state index in [-0.39, 0.29) is 11.6 Å². The summed E-state index contributed by atoms with van der Waals surface area (Å²) in [7, 11) is 0. The van der Waals surface area contributed by atoms with Crippen LogP contribution >= 0.6 is 0 Å². The number of nitrogens with one attached hydrogen (secondary N) is 1. The first-order valence-electron chi connectivity index (χ1n) is 10.4. The molecule has 5 nitrogen and oxygen atoms in total. The van der Waals surface area contributed by atoms with E-state index in [4.69, 9.17) is 0 Å². The molecule has 0 radical (unpaired) electrons. The number of halogens is 3. The van der Waals surface area contributed by atoms with E-state index in [1.54, 1.807) is 12.3 Å². The van der Waals surface area contributed by atoms with Crippen molar-refractivity contribution >= 4 is 11.6 Å². The number of amides is 1. The predicted molar refractivity (Wildman–Crippen MR) is 114 cm³/mol. The number of aliphatic hydroxyl groups excluding tert-OH is 1. The molecule has 4 rings (SSSR count). The van der Waals surface area contributed by atoms with Gasteiger partial charge in [0, 0.05) is 6.20 Å². The zero-order valence-corrected chi connectivity index (χ0v) is 17.4. The number of pyridine rings is 2. The molecule has 166 valence electrons. The Hall–Kier alpha value is -3.26. The second-order valence-electron chi connectivity index (χ2n) is 8.20. The minimum atomic E-state index is -0.978. The van der Waals surface area contributed by atoms with Crippen LogP contribution in [-0.4, -0.2) is 27.1 Å². The van der Waals surface area contributed by atoms with E-state index in [9.17, 15) is 23.1 Å². The molecular formula is C24H22F3N3O2. The first kappa shape index (κ1) is 22.0. The Morgan fingerprint density at radius 3 is 2.50 bits per heavy atom. The maximum absolute atomic E-state index is 14.3. The number of rotatable bonds is 4. The number of benzene rings is 1. The number of hydrogen-bond acceptors (Lipinski definition) is 4. The minimum absolute atomic E-state index is 0.0382. The van der Waals surface area contributed by atoms with Gasteiger partial charge in [0.2, 0.25) is 0 Å². The number of anilines is 1. The predicted octanol–water partition coefficient (Wildman–Crippen LogP) is 5.08. The largest absolute Gasteiger partial charge is 0.393 e. The van der Waals surface area contributed by atoms with Gasteiger partial charge in [-0.25, -0.2) is 18.2 Å². The maximum atomic E-state index is 14.3. The van der Waals surface area contributed by atoms with Crippen molar-refractivity contribution in [3.8, 4) is 11.3 Å². The molecule has 2 heterocycles. The molecule has 2 N–H and O–H groups in total. The molecular weight excluding hydrogens is 419 g/mol. The topological polar surface area (TPSA) is 75.1 Å². The van der Waals surface area contributed by atoms with Crippen LogP contribution in [0.4, 0.5) is 18.9 Å². The Morgan fingerprint density at radius 1 is 1.03 bits per heavy atom. The third kappa shape index (κ3) is 4.50. The molecule has 1 aromatic carbocycles. The fraction of sp³-hybridized carbons (Fsp3) is 0.292. The molecule has 8 heteroatoms. The summed E-state index contributed by atoms with van der Waals surface area (Å²) in [5.41, 5.74) is -0.123. The molecule has 0 saturated heterocycles. The number of carbonyl (C=O) groups is 1. The number of carbonyl (C=O) groups excluding carboxylic acids is 1. The molecule has 0 unspecified atom stereocenters. The lowest BCUT2D eigenvalue weighted by molar-refractivity contribution is 0.0946. The summed E-state index contributed by atoms with van der Waals surface area (Å²) in [6.07, 6.45) is 4.86. The van der Waals surface area contributed by atoms with Crippen LogP contribution in [0.5, 0.6) is 0 Å². The average molecular weight is 441 g/mol. The third-order valence-electron chi connectivity index (χ3n) is 5.74. The fourth-order valence-corrected chi connectivity index (χ4v) is 4.34. The summed E-state index contributed by atoms with van der Waals surface area (Å²) in [5.74, 6) is -3.20. The van der Waals surface area contributed by atoms with Crippen molar-refractivity contribution in [3.05, 3.63) is 77.5 Å². The Morgan fingerprint density at radius 2 is 1.78 bits per heavy atom. The maximum Gasteiger partial charge on any atom is 0.274 e. The van der Waals surface area contributed by atoms with Crippen LogP contribution in [0.25, 0.3) is 11.3 Å². The van der Waals surface area contributed by atoms with Crippen LogP contribution < -0.4 is 5.32 Å². The van der Waals surface area contributed by atoms with Crippen LogP contribution in [0.1, 0.15) is 48.2 Å². The van der Waals surface area contributed by atoms with Crippen molar-refractivity contribution < 1.29 is 23.1 Å². The molecule has 1 saturated carbocycles. The minimum Gasteiger partial charge on any atom is -0.393 e. The molecule has 0 aliphatic heterocycles. The summed E-state index contributed by atoms with van der Waals surface area (Å²) >= 11 is 0. The van der Waals surface area contributed by atoms with E-state index in [1.807, 2.05) is 0 Å². The van der Waals surface area contributed by atoms with E-state index < -0.39 is 40.7 Å². The summed E-state index contributed by atoms with van der Waals surface area (Å²) in [5, 5.41) is 12.9. The second-order valence-corrected chi connectivity index (χ2v) is 8.20. The second kappa shape index (κ2) is 9.08. The molecule has 2 aromatic heterocycles. The van der Waals surface area contributed by atoms with Gasteiger partial charge in [-0.05, 0) is 67.0 Å². The molecule has 3 atom stereocenters. The average Bonchev–Trinajstić information content (AvgIpc) is 2.74. The van der Waals surface area contributed by atoms with Gasteiger partial charge in [-0.15, -0.1) is 0 Å². The fourth-order valence-electron chi connectivity index (χ4n) is 4.34. The lowest BCUT2D eigenvalue weighted by atomic mass is 9.77. The monoisotopic (exact) mass is 441 g/mol. The molecule has 1 aliphatic rings. The number of nitrogens with zero attached hydrogens (tertiary/aromatic N) is 2. The van der Waals surface area contributed by atoms with Gasteiger partial charge < -0.3 is 10.4 Å². The van der Waals surface area contributed by atoms with E-state index in [0.29, 0.717) is 18.0 Å². The molecule has 1 fully saturated rings. The van der Waals surface area contributed by atoms with E-state index in [0.717, 1.165) is 48.7 Å². The Bertz CT molecular complexity index is 1120. The highest BCUT2D eigenvalue weighted by Gasteiger charge is 2.28. The van der Waals surface area contributed by atoms with Gasteiger partial charge in [0.25, 0.3) is 5.91 Å². The standard InChI is InChI=1S/C24H22F3N3O2/c1-13-9-14(11-15(31)10-13)16-7-8-28-12-21(16)30-24(32)20-6-5-19(27)23(29-20)22-17(25)3-2-4-18(22)26/h2-8,12-15,31H,9-11H2,1H3,(H,30,32)/t13-,14+,15-/m0/s1. The van der Waals surface area contributed by atoms with E-state index in [2.05, 4.69) is 22.2 Å². The van der Waals surface area contributed by atoms with Gasteiger partial charge in [0.05, 0.1) is 23.6 Å². The van der Waals surface area contributed by atoms with Crippen molar-refractivity contribution in [3.63, 3.8) is 0 Å². The van der Waals surface area contributed by atoms with Gasteiger partial charge in [-0.1, -0.05) is 13.0 Å². The Kier molecular flexibility index (Phi) is 6.23. The number of aliphatic hydroxyl groups is 1. The Labute approximate surface area is 183 Å². The van der Waals surface area contributed by atoms with Gasteiger partial charge in [-0.3, -0.25) is 9.78 Å².